The zero-order valence-electron chi connectivity index (χ0n) is 13.9. The van der Waals surface area contributed by atoms with E-state index in [4.69, 9.17) is 10.00 Å². The molecule has 0 fully saturated rings. The van der Waals surface area contributed by atoms with Crippen molar-refractivity contribution in [2.75, 3.05) is 12.4 Å². The molecule has 0 spiro atoms. The summed E-state index contributed by atoms with van der Waals surface area (Å²) in [5.74, 6) is -0.299. The molecule has 0 bridgehead atoms. The molecule has 0 radical (unpaired) electrons. The smallest absolute Gasteiger partial charge is 0.263 e. The van der Waals surface area contributed by atoms with Crippen molar-refractivity contribution in [2.24, 2.45) is 0 Å². The summed E-state index contributed by atoms with van der Waals surface area (Å²) in [6.07, 6.45) is 1.19. The Hall–Kier alpha value is -3.33. The molecule has 1 unspecified atom stereocenters. The zero-order chi connectivity index (χ0) is 18.2. The van der Waals surface area contributed by atoms with Crippen LogP contribution >= 0.6 is 0 Å². The van der Waals surface area contributed by atoms with Crippen molar-refractivity contribution in [3.63, 3.8) is 0 Å². The lowest BCUT2D eigenvalue weighted by Crippen LogP contribution is -2.28. The van der Waals surface area contributed by atoms with Gasteiger partial charge in [-0.15, -0.1) is 0 Å². The van der Waals surface area contributed by atoms with Crippen molar-refractivity contribution in [2.45, 2.75) is 13.0 Å². The Kier molecular flexibility index (Phi) is 6.13. The summed E-state index contributed by atoms with van der Waals surface area (Å²) in [5, 5.41) is 14.5. The predicted octanol–water partition coefficient (Wildman–Crippen LogP) is 3.53. The van der Waals surface area contributed by atoms with Gasteiger partial charge in [0.2, 0.25) is 0 Å². The zero-order valence-corrected chi connectivity index (χ0v) is 13.9. The van der Waals surface area contributed by atoms with Gasteiger partial charge in [-0.25, -0.2) is 4.39 Å². The summed E-state index contributed by atoms with van der Waals surface area (Å²) in [6.45, 7) is 1.80. The Morgan fingerprint density at radius 1 is 1.24 bits per heavy atom. The van der Waals surface area contributed by atoms with Gasteiger partial charge in [0.25, 0.3) is 5.91 Å². The van der Waals surface area contributed by atoms with Gasteiger partial charge >= 0.3 is 0 Å². The third-order valence-corrected chi connectivity index (χ3v) is 3.57. The topological polar surface area (TPSA) is 74.1 Å². The number of anilines is 1. The van der Waals surface area contributed by atoms with Crippen molar-refractivity contribution in [3.05, 3.63) is 71.7 Å². The Balaban J connectivity index is 2.05. The predicted molar refractivity (Wildman–Crippen MR) is 93.3 cm³/mol. The van der Waals surface area contributed by atoms with E-state index in [9.17, 15) is 9.18 Å². The van der Waals surface area contributed by atoms with Crippen molar-refractivity contribution in [1.29, 1.82) is 5.26 Å². The molecule has 0 aromatic heterocycles. The number of ether oxygens (including phenoxy) is 1. The van der Waals surface area contributed by atoms with Crippen molar-refractivity contribution in [1.82, 2.24) is 5.32 Å². The highest BCUT2D eigenvalue weighted by molar-refractivity contribution is 5.97. The highest BCUT2D eigenvalue weighted by Crippen LogP contribution is 2.18. The molecule has 1 atom stereocenters. The molecule has 6 heteroatoms. The number of carbonyl (C=O) groups excluding carboxylic acids is 1. The standard InChI is InChI=1S/C19H18FN3O2/c1-13(14-7-9-16(25-2)10-8-14)23-19(24)15(11-21)12-22-18-6-4-3-5-17(18)20/h3-10,12-13,22H,1-2H3,(H,23,24)/b15-12-. The average Bonchev–Trinajstić information content (AvgIpc) is 2.63. The van der Waals surface area contributed by atoms with Crippen LogP contribution in [0.1, 0.15) is 18.5 Å². The molecule has 2 rings (SSSR count). The Morgan fingerprint density at radius 3 is 2.52 bits per heavy atom. The molecule has 0 aliphatic heterocycles. The molecule has 1 amide bonds. The first-order valence-electron chi connectivity index (χ1n) is 7.61. The minimum absolute atomic E-state index is 0.149. The monoisotopic (exact) mass is 339 g/mol. The third-order valence-electron chi connectivity index (χ3n) is 3.57. The van der Waals surface area contributed by atoms with Crippen LogP contribution in [0.2, 0.25) is 0 Å². The number of rotatable bonds is 6. The fourth-order valence-corrected chi connectivity index (χ4v) is 2.13. The number of carbonyl (C=O) groups is 1. The maximum atomic E-state index is 13.6. The number of halogens is 1. The van der Waals surface area contributed by atoms with E-state index < -0.39 is 11.7 Å². The van der Waals surface area contributed by atoms with Crippen molar-refractivity contribution >= 4 is 11.6 Å². The summed E-state index contributed by atoms with van der Waals surface area (Å²) < 4.78 is 18.6. The van der Waals surface area contributed by atoms with Gasteiger partial charge in [-0.05, 0) is 36.8 Å². The van der Waals surface area contributed by atoms with Gasteiger partial charge in [0.05, 0.1) is 18.8 Å². The maximum Gasteiger partial charge on any atom is 0.263 e. The SMILES string of the molecule is COc1ccc(C(C)NC(=O)/C(C#N)=C\Nc2ccccc2F)cc1. The fourth-order valence-electron chi connectivity index (χ4n) is 2.13. The molecule has 2 aromatic carbocycles. The first-order valence-corrected chi connectivity index (χ1v) is 7.61. The van der Waals surface area contributed by atoms with Gasteiger partial charge < -0.3 is 15.4 Å². The lowest BCUT2D eigenvalue weighted by atomic mass is 10.1. The van der Waals surface area contributed by atoms with Gasteiger partial charge in [-0.1, -0.05) is 24.3 Å². The van der Waals surface area contributed by atoms with Crippen molar-refractivity contribution in [3.8, 4) is 11.8 Å². The normalized spacial score (nSPS) is 12.0. The number of amides is 1. The summed E-state index contributed by atoms with van der Waals surface area (Å²) in [5.41, 5.74) is 0.906. The van der Waals surface area contributed by atoms with Gasteiger partial charge in [0.15, 0.2) is 0 Å². The summed E-state index contributed by atoms with van der Waals surface area (Å²) in [7, 11) is 1.58. The minimum Gasteiger partial charge on any atom is -0.497 e. The number of nitrogens with zero attached hydrogens (tertiary/aromatic N) is 1. The number of para-hydroxylation sites is 1. The number of hydrogen-bond acceptors (Lipinski definition) is 4. The lowest BCUT2D eigenvalue weighted by Gasteiger charge is -2.14. The molecule has 2 N–H and O–H groups in total. The third kappa shape index (κ3) is 4.82. The Labute approximate surface area is 145 Å². The van der Waals surface area contributed by atoms with Crippen LogP contribution in [0.5, 0.6) is 5.75 Å². The largest absolute Gasteiger partial charge is 0.497 e. The van der Waals surface area contributed by atoms with Crippen LogP contribution in [-0.2, 0) is 4.79 Å². The number of benzene rings is 2. The van der Waals surface area contributed by atoms with E-state index >= 15 is 0 Å². The molecule has 128 valence electrons. The van der Waals surface area contributed by atoms with Crippen LogP contribution in [0, 0.1) is 17.1 Å². The summed E-state index contributed by atoms with van der Waals surface area (Å²) >= 11 is 0. The van der Waals surface area contributed by atoms with E-state index in [1.165, 1.54) is 18.3 Å². The second-order valence-corrected chi connectivity index (χ2v) is 5.26. The van der Waals surface area contributed by atoms with E-state index in [0.29, 0.717) is 5.75 Å². The minimum atomic E-state index is -0.547. The second-order valence-electron chi connectivity index (χ2n) is 5.26. The number of methoxy groups -OCH3 is 1. The molecule has 5 nitrogen and oxygen atoms in total. The van der Waals surface area contributed by atoms with E-state index in [1.54, 1.807) is 38.3 Å². The van der Waals surface area contributed by atoms with Crippen LogP contribution in [-0.4, -0.2) is 13.0 Å². The highest BCUT2D eigenvalue weighted by atomic mass is 19.1. The first-order chi connectivity index (χ1) is 12.0. The molecule has 2 aromatic rings. The molecule has 0 aliphatic rings. The van der Waals surface area contributed by atoms with Crippen LogP contribution < -0.4 is 15.4 Å². The lowest BCUT2D eigenvalue weighted by molar-refractivity contribution is -0.117. The van der Waals surface area contributed by atoms with Crippen LogP contribution in [0.15, 0.2) is 60.3 Å². The molecule has 25 heavy (non-hydrogen) atoms. The summed E-state index contributed by atoms with van der Waals surface area (Å²) in [4.78, 5) is 12.2. The van der Waals surface area contributed by atoms with Gasteiger partial charge in [0, 0.05) is 6.20 Å². The second kappa shape index (κ2) is 8.50. The highest BCUT2D eigenvalue weighted by Gasteiger charge is 2.14. The number of nitriles is 1. The van der Waals surface area contributed by atoms with Gasteiger partial charge in [-0.2, -0.15) is 5.26 Å². The first kappa shape index (κ1) is 18.0. The van der Waals surface area contributed by atoms with E-state index in [-0.39, 0.29) is 17.3 Å². The molecule has 0 saturated carbocycles. The summed E-state index contributed by atoms with van der Waals surface area (Å²) in [6, 6.07) is 14.8. The molecule has 0 aliphatic carbocycles. The van der Waals surface area contributed by atoms with E-state index in [2.05, 4.69) is 10.6 Å². The fraction of sp³-hybridized carbons (Fsp3) is 0.158. The Morgan fingerprint density at radius 2 is 1.92 bits per heavy atom. The quantitative estimate of drug-likeness (QED) is 0.624. The number of hydrogen-bond donors (Lipinski definition) is 2. The molecule has 0 heterocycles. The van der Waals surface area contributed by atoms with Gasteiger partial charge in [-0.3, -0.25) is 4.79 Å². The molecule has 0 saturated heterocycles. The van der Waals surface area contributed by atoms with E-state index in [0.717, 1.165) is 5.56 Å². The van der Waals surface area contributed by atoms with Crippen LogP contribution in [0.4, 0.5) is 10.1 Å². The van der Waals surface area contributed by atoms with Gasteiger partial charge in [0.1, 0.15) is 23.2 Å². The van der Waals surface area contributed by atoms with E-state index in [1.807, 2.05) is 18.2 Å². The van der Waals surface area contributed by atoms with Crippen molar-refractivity contribution < 1.29 is 13.9 Å². The molecular weight excluding hydrogens is 321 g/mol. The van der Waals surface area contributed by atoms with Crippen LogP contribution in [0.3, 0.4) is 0 Å². The number of nitrogens with one attached hydrogen (secondary N) is 2. The average molecular weight is 339 g/mol. The Bertz CT molecular complexity index is 810. The maximum absolute atomic E-state index is 13.6. The van der Waals surface area contributed by atoms with Crippen LogP contribution in [0.25, 0.3) is 0 Å². The molecular formula is C19H18FN3O2.